The zero-order valence-corrected chi connectivity index (χ0v) is 10.1. The highest BCUT2D eigenvalue weighted by atomic mass is 32.2. The van der Waals surface area contributed by atoms with E-state index in [4.69, 9.17) is 4.74 Å². The van der Waals surface area contributed by atoms with Crippen molar-refractivity contribution in [2.24, 2.45) is 0 Å². The van der Waals surface area contributed by atoms with E-state index < -0.39 is 5.30 Å². The van der Waals surface area contributed by atoms with Gasteiger partial charge in [-0.3, -0.25) is 0 Å². The number of para-hydroxylation sites is 1. The van der Waals surface area contributed by atoms with Gasteiger partial charge in [0.15, 0.2) is 0 Å². The van der Waals surface area contributed by atoms with E-state index in [-0.39, 0.29) is 0 Å². The van der Waals surface area contributed by atoms with E-state index in [1.54, 1.807) is 17.9 Å². The van der Waals surface area contributed by atoms with Crippen molar-refractivity contribution in [2.45, 2.75) is 12.1 Å². The molecule has 0 saturated carbocycles. The molecule has 6 heteroatoms. The van der Waals surface area contributed by atoms with Crippen LogP contribution >= 0.6 is 11.8 Å². The molecule has 0 unspecified atom stereocenters. The smallest absolute Gasteiger partial charge is 0.375 e. The molecule has 2 rings (SSSR count). The van der Waals surface area contributed by atoms with Gasteiger partial charge in [0.05, 0.1) is 12.3 Å². The summed E-state index contributed by atoms with van der Waals surface area (Å²) in [7, 11) is 0. The van der Waals surface area contributed by atoms with Crippen molar-refractivity contribution in [3.63, 3.8) is 0 Å². The summed E-state index contributed by atoms with van der Waals surface area (Å²) in [5, 5.41) is 4.16. The largest absolute Gasteiger partial charge is 0.458 e. The van der Waals surface area contributed by atoms with Gasteiger partial charge in [0.1, 0.15) is 6.33 Å². The normalized spacial score (nSPS) is 10.2. The van der Waals surface area contributed by atoms with Crippen molar-refractivity contribution in [3.05, 3.63) is 36.7 Å². The number of ether oxygens (including phenoxy) is 1. The van der Waals surface area contributed by atoms with Crippen molar-refractivity contribution in [2.75, 3.05) is 6.61 Å². The predicted molar refractivity (Wildman–Crippen MR) is 64.2 cm³/mol. The maximum absolute atomic E-state index is 11.2. The minimum Gasteiger partial charge on any atom is -0.458 e. The molecule has 0 aliphatic heterocycles. The molecule has 0 N–H and O–H groups in total. The first-order chi connectivity index (χ1) is 8.29. The van der Waals surface area contributed by atoms with E-state index in [0.29, 0.717) is 11.8 Å². The molecule has 0 aliphatic rings. The SMILES string of the molecule is CCOC(=O)Sc1ncn(-c2ccccc2)n1. The maximum atomic E-state index is 11.2. The lowest BCUT2D eigenvalue weighted by molar-refractivity contribution is 0.181. The lowest BCUT2D eigenvalue weighted by Crippen LogP contribution is -1.97. The summed E-state index contributed by atoms with van der Waals surface area (Å²) in [5.41, 5.74) is 0.899. The molecule has 0 radical (unpaired) electrons. The third kappa shape index (κ3) is 3.07. The van der Waals surface area contributed by atoms with E-state index >= 15 is 0 Å². The van der Waals surface area contributed by atoms with Crippen LogP contribution in [0.3, 0.4) is 0 Å². The lowest BCUT2D eigenvalue weighted by Gasteiger charge is -1.98. The van der Waals surface area contributed by atoms with Gasteiger partial charge in [-0.25, -0.2) is 14.5 Å². The second-order valence-electron chi connectivity index (χ2n) is 3.09. The molecule has 0 bridgehead atoms. The standard InChI is InChI=1S/C11H11N3O2S/c1-2-16-11(15)17-10-12-8-14(13-10)9-6-4-3-5-7-9/h3-8H,2H2,1H3. The Balaban J connectivity index is 2.09. The summed E-state index contributed by atoms with van der Waals surface area (Å²) in [6.07, 6.45) is 1.57. The van der Waals surface area contributed by atoms with Gasteiger partial charge in [-0.15, -0.1) is 5.10 Å². The Labute approximate surface area is 103 Å². The summed E-state index contributed by atoms with van der Waals surface area (Å²) in [5.74, 6) is 0. The second-order valence-corrected chi connectivity index (χ2v) is 3.99. The van der Waals surface area contributed by atoms with Crippen molar-refractivity contribution < 1.29 is 9.53 Å². The minimum absolute atomic E-state index is 0.352. The molecule has 1 aromatic carbocycles. The van der Waals surface area contributed by atoms with Crippen LogP contribution in [0.2, 0.25) is 0 Å². The number of hydrogen-bond acceptors (Lipinski definition) is 5. The Kier molecular flexibility index (Phi) is 3.77. The molecule has 88 valence electrons. The van der Waals surface area contributed by atoms with Gasteiger partial charge >= 0.3 is 5.30 Å². The summed E-state index contributed by atoms with van der Waals surface area (Å²) in [6.45, 7) is 2.11. The van der Waals surface area contributed by atoms with Crippen LogP contribution in [0, 0.1) is 0 Å². The van der Waals surface area contributed by atoms with E-state index in [2.05, 4.69) is 10.1 Å². The molecule has 0 spiro atoms. The van der Waals surface area contributed by atoms with Gasteiger partial charge < -0.3 is 4.74 Å². The van der Waals surface area contributed by atoms with Crippen LogP contribution in [0.5, 0.6) is 0 Å². The van der Waals surface area contributed by atoms with Crippen LogP contribution in [0.15, 0.2) is 41.8 Å². The zero-order chi connectivity index (χ0) is 12.1. The number of hydrogen-bond donors (Lipinski definition) is 0. The summed E-state index contributed by atoms with van der Waals surface area (Å²) in [4.78, 5) is 15.2. The van der Waals surface area contributed by atoms with Crippen LogP contribution < -0.4 is 0 Å². The number of rotatable bonds is 3. The zero-order valence-electron chi connectivity index (χ0n) is 9.24. The molecule has 0 amide bonds. The molecule has 17 heavy (non-hydrogen) atoms. The van der Waals surface area contributed by atoms with E-state index in [1.807, 2.05) is 30.3 Å². The van der Waals surface area contributed by atoms with Gasteiger partial charge in [-0.2, -0.15) is 0 Å². The Bertz CT molecular complexity index is 498. The first-order valence-electron chi connectivity index (χ1n) is 5.11. The fourth-order valence-electron chi connectivity index (χ4n) is 1.22. The molecule has 0 aliphatic carbocycles. The highest BCUT2D eigenvalue weighted by Gasteiger charge is 2.10. The van der Waals surface area contributed by atoms with Crippen LogP contribution in [0.25, 0.3) is 5.69 Å². The molecule has 5 nitrogen and oxygen atoms in total. The third-order valence-electron chi connectivity index (χ3n) is 1.93. The highest BCUT2D eigenvalue weighted by Crippen LogP contribution is 2.16. The Morgan fingerprint density at radius 1 is 1.41 bits per heavy atom. The van der Waals surface area contributed by atoms with Crippen LogP contribution in [-0.4, -0.2) is 26.7 Å². The molecule has 0 fully saturated rings. The number of carbonyl (C=O) groups excluding carboxylic acids is 1. The Morgan fingerprint density at radius 3 is 2.88 bits per heavy atom. The fraction of sp³-hybridized carbons (Fsp3) is 0.182. The topological polar surface area (TPSA) is 57.0 Å². The predicted octanol–water partition coefficient (Wildman–Crippen LogP) is 2.52. The van der Waals surface area contributed by atoms with E-state index in [0.717, 1.165) is 17.4 Å². The number of aromatic nitrogens is 3. The summed E-state index contributed by atoms with van der Waals surface area (Å²) >= 11 is 0.879. The second kappa shape index (κ2) is 5.49. The van der Waals surface area contributed by atoms with Crippen molar-refractivity contribution in [3.8, 4) is 5.69 Å². The van der Waals surface area contributed by atoms with Crippen LogP contribution in [0.1, 0.15) is 6.92 Å². The molecule has 1 aromatic heterocycles. The van der Waals surface area contributed by atoms with Gasteiger partial charge in [0, 0.05) is 11.8 Å². The van der Waals surface area contributed by atoms with Crippen LogP contribution in [0.4, 0.5) is 4.79 Å². The Hall–Kier alpha value is -1.82. The van der Waals surface area contributed by atoms with Crippen molar-refractivity contribution in [1.82, 2.24) is 14.8 Å². The molecular formula is C11H11N3O2S. The Morgan fingerprint density at radius 2 is 2.18 bits per heavy atom. The van der Waals surface area contributed by atoms with E-state index in [9.17, 15) is 4.79 Å². The summed E-state index contributed by atoms with van der Waals surface area (Å²) < 4.78 is 6.41. The van der Waals surface area contributed by atoms with Gasteiger partial charge in [0.25, 0.3) is 0 Å². The quantitative estimate of drug-likeness (QED) is 0.618. The first-order valence-corrected chi connectivity index (χ1v) is 5.93. The monoisotopic (exact) mass is 249 g/mol. The van der Waals surface area contributed by atoms with E-state index in [1.165, 1.54) is 0 Å². The molecule has 0 saturated heterocycles. The van der Waals surface area contributed by atoms with Gasteiger partial charge in [0.2, 0.25) is 5.16 Å². The minimum atomic E-state index is -0.390. The third-order valence-corrected chi connectivity index (χ3v) is 2.58. The number of nitrogens with zero attached hydrogens (tertiary/aromatic N) is 3. The molecule has 0 atom stereocenters. The molecular weight excluding hydrogens is 238 g/mol. The van der Waals surface area contributed by atoms with Crippen molar-refractivity contribution in [1.29, 1.82) is 0 Å². The van der Waals surface area contributed by atoms with Gasteiger partial charge in [-0.1, -0.05) is 18.2 Å². The average molecular weight is 249 g/mol. The average Bonchev–Trinajstić information content (AvgIpc) is 2.79. The lowest BCUT2D eigenvalue weighted by atomic mass is 10.3. The maximum Gasteiger partial charge on any atom is 0.375 e. The summed E-state index contributed by atoms with van der Waals surface area (Å²) in [6, 6.07) is 9.57. The highest BCUT2D eigenvalue weighted by molar-refractivity contribution is 8.13. The first kappa shape index (κ1) is 11.7. The van der Waals surface area contributed by atoms with Gasteiger partial charge in [-0.05, 0) is 19.1 Å². The molecule has 1 heterocycles. The fourth-order valence-corrected chi connectivity index (χ4v) is 1.78. The number of thioether (sulfide) groups is 1. The molecule has 2 aromatic rings. The number of benzene rings is 1. The van der Waals surface area contributed by atoms with Crippen molar-refractivity contribution >= 4 is 17.1 Å². The van der Waals surface area contributed by atoms with Crippen LogP contribution in [-0.2, 0) is 4.74 Å². The number of carbonyl (C=O) groups is 1.